The molecule has 2 aromatic heterocycles. The number of hydrogen-bond donors (Lipinski definition) is 2. The van der Waals surface area contributed by atoms with Crippen LogP contribution in [0.1, 0.15) is 19.3 Å². The lowest BCUT2D eigenvalue weighted by molar-refractivity contribution is -0.127. The van der Waals surface area contributed by atoms with E-state index in [0.717, 1.165) is 66.1 Å². The summed E-state index contributed by atoms with van der Waals surface area (Å²) in [6.07, 6.45) is 4.43. The molecule has 1 amide bonds. The molecule has 3 heterocycles. The van der Waals surface area contributed by atoms with Crippen LogP contribution in [-0.4, -0.2) is 58.5 Å². The van der Waals surface area contributed by atoms with Gasteiger partial charge in [-0.25, -0.2) is 9.97 Å². The molecule has 0 saturated carbocycles. The van der Waals surface area contributed by atoms with Gasteiger partial charge >= 0.3 is 0 Å². The third-order valence-electron chi connectivity index (χ3n) is 4.93. The second-order valence-electron chi connectivity index (χ2n) is 7.07. The third-order valence-corrected chi connectivity index (χ3v) is 5.37. The monoisotopic (exact) mass is 457 g/mol. The summed E-state index contributed by atoms with van der Waals surface area (Å²) >= 11 is 3.42. The highest BCUT2D eigenvalue weighted by Gasteiger charge is 2.18. The van der Waals surface area contributed by atoms with Crippen molar-refractivity contribution in [1.29, 1.82) is 0 Å². The average Bonchev–Trinajstić information content (AvgIpc) is 3.33. The highest BCUT2D eigenvalue weighted by Crippen LogP contribution is 2.23. The number of H-pyrrole nitrogens is 1. The molecule has 1 saturated heterocycles. The van der Waals surface area contributed by atoms with Gasteiger partial charge in [-0.3, -0.25) is 4.79 Å². The maximum atomic E-state index is 11.5. The summed E-state index contributed by atoms with van der Waals surface area (Å²) in [6, 6.07) is 9.84. The maximum absolute atomic E-state index is 11.5. The van der Waals surface area contributed by atoms with Gasteiger partial charge in [0.2, 0.25) is 5.91 Å². The van der Waals surface area contributed by atoms with Crippen molar-refractivity contribution in [3.05, 3.63) is 41.0 Å². The first kappa shape index (κ1) is 19.8. The Balaban J connectivity index is 1.19. The third kappa shape index (κ3) is 5.13. The van der Waals surface area contributed by atoms with Gasteiger partial charge in [0, 0.05) is 42.3 Å². The first-order chi connectivity index (χ1) is 14.2. The molecule has 152 valence electrons. The molecule has 1 aliphatic heterocycles. The number of carbonyl (C=O) groups is 1. The number of aromatic amines is 1. The van der Waals surface area contributed by atoms with Crippen LogP contribution in [0, 0.1) is 0 Å². The molecule has 29 heavy (non-hydrogen) atoms. The number of pyridine rings is 1. The van der Waals surface area contributed by atoms with E-state index in [0.29, 0.717) is 24.6 Å². The predicted molar refractivity (Wildman–Crippen MR) is 116 cm³/mol. The van der Waals surface area contributed by atoms with Crippen molar-refractivity contribution >= 4 is 33.0 Å². The summed E-state index contributed by atoms with van der Waals surface area (Å²) in [5, 5.41) is 3.36. The minimum atomic E-state index is 0.295. The fourth-order valence-corrected chi connectivity index (χ4v) is 3.75. The molecule has 1 aromatic carbocycles. The first-order valence-electron chi connectivity index (χ1n) is 9.92. The zero-order chi connectivity index (χ0) is 20.1. The molecule has 0 unspecified atom stereocenters. The van der Waals surface area contributed by atoms with Crippen molar-refractivity contribution in [2.24, 2.45) is 0 Å². The predicted octanol–water partition coefficient (Wildman–Crippen LogP) is 3.37. The number of benzene rings is 1. The minimum Gasteiger partial charge on any atom is -0.492 e. The topological polar surface area (TPSA) is 83.1 Å². The van der Waals surface area contributed by atoms with E-state index in [2.05, 4.69) is 36.2 Å². The molecule has 0 spiro atoms. The number of carbonyl (C=O) groups excluding carboxylic acids is 1. The Hall–Kier alpha value is -2.45. The van der Waals surface area contributed by atoms with Gasteiger partial charge in [0.1, 0.15) is 18.2 Å². The van der Waals surface area contributed by atoms with Gasteiger partial charge in [0.25, 0.3) is 0 Å². The van der Waals surface area contributed by atoms with E-state index >= 15 is 0 Å². The van der Waals surface area contributed by atoms with Crippen molar-refractivity contribution in [2.45, 2.75) is 19.3 Å². The lowest BCUT2D eigenvalue weighted by Gasteiger charge is -2.15. The Morgan fingerprint density at radius 1 is 1.24 bits per heavy atom. The molecular formula is C21H24BrN5O2. The number of ether oxygens (including phenoxy) is 1. The van der Waals surface area contributed by atoms with Crippen molar-refractivity contribution in [1.82, 2.24) is 25.2 Å². The molecule has 1 fully saturated rings. The van der Waals surface area contributed by atoms with Crippen LogP contribution in [0.15, 0.2) is 41.0 Å². The fourth-order valence-electron chi connectivity index (χ4n) is 3.42. The molecule has 1 aliphatic rings. The van der Waals surface area contributed by atoms with Crippen molar-refractivity contribution in [2.75, 3.05) is 32.8 Å². The highest BCUT2D eigenvalue weighted by molar-refractivity contribution is 9.10. The molecule has 0 atom stereocenters. The quantitative estimate of drug-likeness (QED) is 0.481. The number of imidazole rings is 1. The Labute approximate surface area is 178 Å². The van der Waals surface area contributed by atoms with E-state index in [1.807, 2.05) is 35.2 Å². The Kier molecular flexibility index (Phi) is 6.41. The molecule has 0 bridgehead atoms. The van der Waals surface area contributed by atoms with Crippen LogP contribution in [0.2, 0.25) is 0 Å². The summed E-state index contributed by atoms with van der Waals surface area (Å²) in [7, 11) is 0. The van der Waals surface area contributed by atoms with Crippen LogP contribution in [0.3, 0.4) is 0 Å². The summed E-state index contributed by atoms with van der Waals surface area (Å²) in [5.74, 6) is 1.91. The van der Waals surface area contributed by atoms with E-state index in [1.165, 1.54) is 0 Å². The Bertz CT molecular complexity index is 973. The standard InChI is InChI=1S/C21H24BrN5O2/c22-16-13-18-21(24-14-16)26-20(25-18)15-4-6-17(7-5-15)29-12-9-23-8-2-11-27-10-1-3-19(27)28/h4-7,13-14,23H,1-3,8-12H2,(H,24,25,26). The SMILES string of the molecule is O=C1CCCN1CCCNCCOc1ccc(-c2nc3ncc(Br)cc3[nH]2)cc1. The molecular weight excluding hydrogens is 434 g/mol. The maximum Gasteiger partial charge on any atom is 0.222 e. The number of aromatic nitrogens is 3. The zero-order valence-electron chi connectivity index (χ0n) is 16.2. The Morgan fingerprint density at radius 2 is 2.10 bits per heavy atom. The van der Waals surface area contributed by atoms with Gasteiger partial charge < -0.3 is 19.9 Å². The van der Waals surface area contributed by atoms with E-state index in [9.17, 15) is 4.79 Å². The average molecular weight is 458 g/mol. The number of fused-ring (bicyclic) bond motifs is 1. The fraction of sp³-hybridized carbons (Fsp3) is 0.381. The number of amides is 1. The molecule has 7 nitrogen and oxygen atoms in total. The minimum absolute atomic E-state index is 0.295. The molecule has 2 N–H and O–H groups in total. The van der Waals surface area contributed by atoms with Crippen LogP contribution in [0.5, 0.6) is 5.75 Å². The van der Waals surface area contributed by atoms with Gasteiger partial charge in [-0.05, 0) is 65.6 Å². The first-order valence-corrected chi connectivity index (χ1v) is 10.7. The molecule has 0 aliphatic carbocycles. The number of nitrogens with zero attached hydrogens (tertiary/aromatic N) is 3. The number of nitrogens with one attached hydrogen (secondary N) is 2. The summed E-state index contributed by atoms with van der Waals surface area (Å²) in [6.45, 7) is 4.04. The second kappa shape index (κ2) is 9.37. The van der Waals surface area contributed by atoms with Crippen molar-refractivity contribution < 1.29 is 9.53 Å². The molecule has 4 rings (SSSR count). The molecule has 0 radical (unpaired) electrons. The zero-order valence-corrected chi connectivity index (χ0v) is 17.7. The van der Waals surface area contributed by atoms with E-state index in [-0.39, 0.29) is 0 Å². The van der Waals surface area contributed by atoms with Gasteiger partial charge in [-0.2, -0.15) is 0 Å². The second-order valence-corrected chi connectivity index (χ2v) is 7.99. The molecule has 8 heteroatoms. The van der Waals surface area contributed by atoms with E-state index < -0.39 is 0 Å². The number of likely N-dealkylation sites (tertiary alicyclic amines) is 1. The smallest absolute Gasteiger partial charge is 0.222 e. The largest absolute Gasteiger partial charge is 0.492 e. The van der Waals surface area contributed by atoms with Crippen LogP contribution in [0.4, 0.5) is 0 Å². The molecule has 3 aromatic rings. The Morgan fingerprint density at radius 3 is 2.90 bits per heavy atom. The van der Waals surface area contributed by atoms with Crippen molar-refractivity contribution in [3.8, 4) is 17.1 Å². The highest BCUT2D eigenvalue weighted by atomic mass is 79.9. The van der Waals surface area contributed by atoms with Crippen LogP contribution in [0.25, 0.3) is 22.6 Å². The van der Waals surface area contributed by atoms with Gasteiger partial charge in [0.05, 0.1) is 5.52 Å². The number of hydrogen-bond acceptors (Lipinski definition) is 5. The number of halogens is 1. The normalized spacial score (nSPS) is 14.1. The van der Waals surface area contributed by atoms with Gasteiger partial charge in [-0.15, -0.1) is 0 Å². The summed E-state index contributed by atoms with van der Waals surface area (Å²) in [4.78, 5) is 25.6. The van der Waals surface area contributed by atoms with Crippen molar-refractivity contribution in [3.63, 3.8) is 0 Å². The van der Waals surface area contributed by atoms with Crippen LogP contribution < -0.4 is 10.1 Å². The lowest BCUT2D eigenvalue weighted by Crippen LogP contribution is -2.29. The van der Waals surface area contributed by atoms with E-state index in [1.54, 1.807) is 6.20 Å². The van der Waals surface area contributed by atoms with Gasteiger partial charge in [-0.1, -0.05) is 0 Å². The number of rotatable bonds is 9. The lowest BCUT2D eigenvalue weighted by atomic mass is 10.2. The van der Waals surface area contributed by atoms with Crippen LogP contribution >= 0.6 is 15.9 Å². The van der Waals surface area contributed by atoms with Crippen LogP contribution in [-0.2, 0) is 4.79 Å². The summed E-state index contributed by atoms with van der Waals surface area (Å²) < 4.78 is 6.71. The van der Waals surface area contributed by atoms with Gasteiger partial charge in [0.15, 0.2) is 5.65 Å². The van der Waals surface area contributed by atoms with E-state index in [4.69, 9.17) is 4.74 Å². The summed E-state index contributed by atoms with van der Waals surface area (Å²) in [5.41, 5.74) is 2.58.